The molecule has 0 saturated heterocycles. The molecule has 3 aromatic rings. The van der Waals surface area contributed by atoms with Crippen LogP contribution in [-0.2, 0) is 32.6 Å². The molecule has 0 aliphatic rings. The van der Waals surface area contributed by atoms with Gasteiger partial charge in [0, 0.05) is 23.0 Å². The second-order valence-electron chi connectivity index (χ2n) is 11.6. The van der Waals surface area contributed by atoms with Gasteiger partial charge in [-0.1, -0.05) is 90.4 Å². The Balaban J connectivity index is 2.11. The summed E-state index contributed by atoms with van der Waals surface area (Å²) in [5.74, 6) is -0.741. The lowest BCUT2D eigenvalue weighted by molar-refractivity contribution is -0.140. The van der Waals surface area contributed by atoms with Crippen LogP contribution in [0.15, 0.2) is 83.3 Å². The Hall–Kier alpha value is -3.17. The monoisotopic (exact) mass is 641 g/mol. The number of carbonyl (C=O) groups excluding carboxylic acids is 2. The average molecular weight is 643 g/mol. The summed E-state index contributed by atoms with van der Waals surface area (Å²) in [6, 6.07) is 23.4. The molecule has 0 heterocycles. The van der Waals surface area contributed by atoms with E-state index in [2.05, 4.69) is 21.2 Å². The summed E-state index contributed by atoms with van der Waals surface area (Å²) in [6.07, 6.45) is 1.37. The van der Waals surface area contributed by atoms with E-state index in [0.717, 1.165) is 31.7 Å². The number of carbonyl (C=O) groups is 2. The minimum Gasteiger partial charge on any atom is -0.350 e. The Morgan fingerprint density at radius 2 is 1.46 bits per heavy atom. The maximum absolute atomic E-state index is 14.3. The molecule has 220 valence electrons. The van der Waals surface area contributed by atoms with E-state index in [4.69, 9.17) is 0 Å². The number of halogens is 1. The number of rotatable bonds is 11. The van der Waals surface area contributed by atoms with Crippen LogP contribution in [0.2, 0.25) is 0 Å². The number of nitrogens with one attached hydrogen (secondary N) is 1. The van der Waals surface area contributed by atoms with Gasteiger partial charge in [0.1, 0.15) is 12.6 Å². The van der Waals surface area contributed by atoms with Gasteiger partial charge in [-0.05, 0) is 61.6 Å². The Morgan fingerprint density at radius 1 is 0.878 bits per heavy atom. The molecule has 7 nitrogen and oxygen atoms in total. The lowest BCUT2D eigenvalue weighted by atomic mass is 10.00. The largest absolute Gasteiger partial charge is 0.350 e. The fourth-order valence-electron chi connectivity index (χ4n) is 4.59. The van der Waals surface area contributed by atoms with Crippen LogP contribution in [0, 0.1) is 0 Å². The van der Waals surface area contributed by atoms with E-state index in [1.807, 2.05) is 101 Å². The number of amides is 2. The number of hydrogen-bond acceptors (Lipinski definition) is 4. The van der Waals surface area contributed by atoms with Crippen molar-refractivity contribution >= 4 is 43.5 Å². The van der Waals surface area contributed by atoms with E-state index >= 15 is 0 Å². The van der Waals surface area contributed by atoms with Crippen molar-refractivity contribution in [1.82, 2.24) is 10.2 Å². The van der Waals surface area contributed by atoms with E-state index in [-0.39, 0.29) is 24.8 Å². The van der Waals surface area contributed by atoms with Crippen molar-refractivity contribution in [3.8, 4) is 0 Å². The summed E-state index contributed by atoms with van der Waals surface area (Å²) < 4.78 is 28.3. The van der Waals surface area contributed by atoms with Crippen molar-refractivity contribution in [2.75, 3.05) is 17.1 Å². The molecule has 1 N–H and O–H groups in total. The van der Waals surface area contributed by atoms with Gasteiger partial charge in [0.2, 0.25) is 21.8 Å². The SMILES string of the molecule is CC(C)c1ccccc1N(CC(=O)N(Cc1ccc(Br)cc1)[C@H](Cc1ccccc1)C(=O)NC(C)(C)C)S(C)(=O)=O. The van der Waals surface area contributed by atoms with Crippen LogP contribution in [-0.4, -0.2) is 49.5 Å². The minimum atomic E-state index is -3.84. The Bertz CT molecular complexity index is 1440. The molecule has 1 atom stereocenters. The number of benzene rings is 3. The third-order valence-corrected chi connectivity index (χ3v) is 8.20. The lowest BCUT2D eigenvalue weighted by Crippen LogP contribution is -2.56. The van der Waals surface area contributed by atoms with Crippen LogP contribution in [0.1, 0.15) is 57.2 Å². The average Bonchev–Trinajstić information content (AvgIpc) is 2.89. The molecule has 3 aromatic carbocycles. The van der Waals surface area contributed by atoms with Crippen molar-refractivity contribution < 1.29 is 18.0 Å². The van der Waals surface area contributed by atoms with Gasteiger partial charge < -0.3 is 10.2 Å². The molecule has 0 spiro atoms. The molecule has 0 aliphatic carbocycles. The van der Waals surface area contributed by atoms with Crippen molar-refractivity contribution in [3.63, 3.8) is 0 Å². The zero-order valence-corrected chi connectivity index (χ0v) is 27.0. The predicted octanol–water partition coefficient (Wildman–Crippen LogP) is 5.89. The summed E-state index contributed by atoms with van der Waals surface area (Å²) in [6.45, 7) is 9.32. The topological polar surface area (TPSA) is 86.8 Å². The molecule has 0 radical (unpaired) electrons. The highest BCUT2D eigenvalue weighted by molar-refractivity contribution is 9.10. The summed E-state index contributed by atoms with van der Waals surface area (Å²) in [4.78, 5) is 29.6. The highest BCUT2D eigenvalue weighted by atomic mass is 79.9. The normalized spacial score (nSPS) is 12.6. The van der Waals surface area contributed by atoms with Gasteiger partial charge in [-0.2, -0.15) is 0 Å². The number of hydrogen-bond donors (Lipinski definition) is 1. The summed E-state index contributed by atoms with van der Waals surface area (Å²) in [7, 11) is -3.84. The maximum Gasteiger partial charge on any atom is 0.244 e. The molecule has 0 saturated carbocycles. The van der Waals surface area contributed by atoms with Gasteiger partial charge in [0.15, 0.2) is 0 Å². The fourth-order valence-corrected chi connectivity index (χ4v) is 5.72. The standard InChI is InChI=1S/C32H40BrN3O4S/c1-23(2)27-14-10-11-15-28(27)36(41(6,39)40)22-30(37)35(21-25-16-18-26(33)19-17-25)29(31(38)34-32(3,4)5)20-24-12-8-7-9-13-24/h7-19,23,29H,20-22H2,1-6H3,(H,34,38)/t29-/m1/s1. The molecule has 0 unspecified atom stereocenters. The van der Waals surface area contributed by atoms with Crippen LogP contribution in [0.5, 0.6) is 0 Å². The first kappa shape index (κ1) is 32.3. The third-order valence-electron chi connectivity index (χ3n) is 6.54. The van der Waals surface area contributed by atoms with Crippen LogP contribution >= 0.6 is 15.9 Å². The van der Waals surface area contributed by atoms with Gasteiger partial charge in [-0.25, -0.2) is 8.42 Å². The van der Waals surface area contributed by atoms with E-state index < -0.39 is 34.1 Å². The molecular weight excluding hydrogens is 602 g/mol. The number of nitrogens with zero attached hydrogens (tertiary/aromatic N) is 2. The predicted molar refractivity (Wildman–Crippen MR) is 169 cm³/mol. The van der Waals surface area contributed by atoms with Gasteiger partial charge in [0.05, 0.1) is 11.9 Å². The number of anilines is 1. The fraction of sp³-hybridized carbons (Fsp3) is 0.375. The van der Waals surface area contributed by atoms with Gasteiger partial charge in [-0.3, -0.25) is 13.9 Å². The Kier molecular flexibility index (Phi) is 10.8. The Labute approximate surface area is 253 Å². The highest BCUT2D eigenvalue weighted by Crippen LogP contribution is 2.29. The molecule has 9 heteroatoms. The third kappa shape index (κ3) is 9.43. The van der Waals surface area contributed by atoms with Crippen molar-refractivity contribution in [2.24, 2.45) is 0 Å². The van der Waals surface area contributed by atoms with E-state index in [1.54, 1.807) is 12.1 Å². The Morgan fingerprint density at radius 3 is 2.02 bits per heavy atom. The molecule has 0 aromatic heterocycles. The zero-order valence-electron chi connectivity index (χ0n) is 24.6. The second-order valence-corrected chi connectivity index (χ2v) is 14.4. The van der Waals surface area contributed by atoms with E-state index in [1.165, 1.54) is 4.90 Å². The second kappa shape index (κ2) is 13.7. The van der Waals surface area contributed by atoms with Crippen LogP contribution in [0.25, 0.3) is 0 Å². The van der Waals surface area contributed by atoms with E-state index in [0.29, 0.717) is 5.69 Å². The first-order valence-electron chi connectivity index (χ1n) is 13.6. The molecule has 0 fully saturated rings. The number of sulfonamides is 1. The van der Waals surface area contributed by atoms with Crippen molar-refractivity contribution in [2.45, 2.75) is 65.1 Å². The summed E-state index contributed by atoms with van der Waals surface area (Å²) in [5, 5.41) is 3.04. The van der Waals surface area contributed by atoms with Crippen LogP contribution in [0.3, 0.4) is 0 Å². The molecule has 3 rings (SSSR count). The van der Waals surface area contributed by atoms with Crippen molar-refractivity contribution in [1.29, 1.82) is 0 Å². The smallest absolute Gasteiger partial charge is 0.244 e. The van der Waals surface area contributed by atoms with Crippen LogP contribution < -0.4 is 9.62 Å². The molecule has 41 heavy (non-hydrogen) atoms. The first-order chi connectivity index (χ1) is 19.2. The van der Waals surface area contributed by atoms with Gasteiger partial charge in [0.25, 0.3) is 0 Å². The van der Waals surface area contributed by atoms with Gasteiger partial charge in [-0.15, -0.1) is 0 Å². The zero-order chi connectivity index (χ0) is 30.4. The number of para-hydroxylation sites is 1. The lowest BCUT2D eigenvalue weighted by Gasteiger charge is -2.35. The highest BCUT2D eigenvalue weighted by Gasteiger charge is 2.34. The van der Waals surface area contributed by atoms with Crippen molar-refractivity contribution in [3.05, 3.63) is 100 Å². The van der Waals surface area contributed by atoms with Gasteiger partial charge >= 0.3 is 0 Å². The summed E-state index contributed by atoms with van der Waals surface area (Å²) in [5.41, 5.74) is 2.45. The molecule has 0 bridgehead atoms. The molecular formula is C32H40BrN3O4S. The molecule has 2 amide bonds. The minimum absolute atomic E-state index is 0.0350. The molecule has 0 aliphatic heterocycles. The van der Waals surface area contributed by atoms with Crippen LogP contribution in [0.4, 0.5) is 5.69 Å². The first-order valence-corrected chi connectivity index (χ1v) is 16.3. The van der Waals surface area contributed by atoms with E-state index in [9.17, 15) is 18.0 Å². The summed E-state index contributed by atoms with van der Waals surface area (Å²) >= 11 is 3.45. The quantitative estimate of drug-likeness (QED) is 0.283. The maximum atomic E-state index is 14.3.